The summed E-state index contributed by atoms with van der Waals surface area (Å²) in [6.45, 7) is 2.22. The summed E-state index contributed by atoms with van der Waals surface area (Å²) in [5.41, 5.74) is 0.326. The molecule has 1 saturated carbocycles. The van der Waals surface area contributed by atoms with E-state index in [4.69, 9.17) is 5.11 Å². The van der Waals surface area contributed by atoms with E-state index in [0.717, 1.165) is 12.8 Å². The van der Waals surface area contributed by atoms with Crippen LogP contribution in [0, 0.1) is 24.6 Å². The van der Waals surface area contributed by atoms with Gasteiger partial charge in [0.05, 0.1) is 11.6 Å². The molecule has 0 amide bonds. The number of rotatable bonds is 4. The Bertz CT molecular complexity index is 459. The summed E-state index contributed by atoms with van der Waals surface area (Å²) in [5, 5.41) is 11.9. The van der Waals surface area contributed by atoms with Crippen molar-refractivity contribution >= 4 is 11.8 Å². The number of carbonyl (C=O) groups is 1. The molecular weight excluding hydrogens is 249 g/mol. The lowest BCUT2D eigenvalue weighted by Gasteiger charge is -2.26. The molecule has 2 rings (SSSR count). The Kier molecular flexibility index (Phi) is 4.29. The van der Waals surface area contributed by atoms with Crippen LogP contribution in [0.25, 0.3) is 0 Å². The average molecular weight is 267 g/mol. The van der Waals surface area contributed by atoms with Crippen LogP contribution in [0.2, 0.25) is 0 Å². The van der Waals surface area contributed by atoms with E-state index < -0.39 is 11.8 Å². The van der Waals surface area contributed by atoms with Gasteiger partial charge in [0.25, 0.3) is 0 Å². The number of aryl methyl sites for hydroxylation is 1. The second-order valence-electron chi connectivity index (χ2n) is 5.06. The Morgan fingerprint density at radius 3 is 2.74 bits per heavy atom. The van der Waals surface area contributed by atoms with Crippen molar-refractivity contribution < 1.29 is 14.3 Å². The molecule has 6 heteroatoms. The zero-order valence-corrected chi connectivity index (χ0v) is 10.9. The minimum atomic E-state index is -0.705. The van der Waals surface area contributed by atoms with Crippen molar-refractivity contribution in [2.45, 2.75) is 32.6 Å². The number of aromatic nitrogens is 2. The SMILES string of the molecule is Cc1ncnc(NCC2CCC(C(=O)O)CC2)c1F. The maximum absolute atomic E-state index is 13.7. The first-order chi connectivity index (χ1) is 9.08. The van der Waals surface area contributed by atoms with Crippen molar-refractivity contribution in [2.75, 3.05) is 11.9 Å². The summed E-state index contributed by atoms with van der Waals surface area (Å²) in [6.07, 6.45) is 4.45. The van der Waals surface area contributed by atoms with Crippen molar-refractivity contribution in [1.82, 2.24) is 9.97 Å². The Balaban J connectivity index is 1.84. The molecule has 0 aliphatic heterocycles. The van der Waals surface area contributed by atoms with Crippen LogP contribution in [0.3, 0.4) is 0 Å². The first-order valence-electron chi connectivity index (χ1n) is 6.51. The van der Waals surface area contributed by atoms with E-state index in [1.807, 2.05) is 0 Å². The summed E-state index contributed by atoms with van der Waals surface area (Å²) in [5.74, 6) is -0.724. The minimum Gasteiger partial charge on any atom is -0.481 e. The van der Waals surface area contributed by atoms with Gasteiger partial charge in [0, 0.05) is 6.54 Å². The maximum atomic E-state index is 13.7. The number of hydrogen-bond acceptors (Lipinski definition) is 4. The lowest BCUT2D eigenvalue weighted by Crippen LogP contribution is -2.25. The first kappa shape index (κ1) is 13.7. The minimum absolute atomic E-state index is 0.214. The maximum Gasteiger partial charge on any atom is 0.306 e. The predicted molar refractivity (Wildman–Crippen MR) is 68.3 cm³/mol. The molecule has 1 aliphatic rings. The van der Waals surface area contributed by atoms with E-state index in [9.17, 15) is 9.18 Å². The van der Waals surface area contributed by atoms with E-state index in [1.54, 1.807) is 6.92 Å². The summed E-state index contributed by atoms with van der Waals surface area (Å²) >= 11 is 0. The number of halogens is 1. The number of aliphatic carboxylic acids is 1. The van der Waals surface area contributed by atoms with E-state index in [1.165, 1.54) is 6.33 Å². The highest BCUT2D eigenvalue weighted by Crippen LogP contribution is 2.29. The Labute approximate surface area is 111 Å². The lowest BCUT2D eigenvalue weighted by molar-refractivity contribution is -0.143. The van der Waals surface area contributed by atoms with Crippen LogP contribution in [-0.2, 0) is 4.79 Å². The van der Waals surface area contributed by atoms with Gasteiger partial charge >= 0.3 is 5.97 Å². The van der Waals surface area contributed by atoms with Crippen LogP contribution in [0.15, 0.2) is 6.33 Å². The molecule has 104 valence electrons. The molecule has 0 spiro atoms. The molecule has 5 nitrogen and oxygen atoms in total. The molecule has 19 heavy (non-hydrogen) atoms. The van der Waals surface area contributed by atoms with Gasteiger partial charge in [-0.1, -0.05) is 0 Å². The van der Waals surface area contributed by atoms with Crippen LogP contribution < -0.4 is 5.32 Å². The van der Waals surface area contributed by atoms with Crippen molar-refractivity contribution in [3.05, 3.63) is 17.8 Å². The van der Waals surface area contributed by atoms with Gasteiger partial charge in [0.15, 0.2) is 11.6 Å². The number of carboxylic acids is 1. The van der Waals surface area contributed by atoms with Gasteiger partial charge in [-0.05, 0) is 38.5 Å². The number of anilines is 1. The lowest BCUT2D eigenvalue weighted by atomic mass is 9.82. The highest BCUT2D eigenvalue weighted by molar-refractivity contribution is 5.70. The molecule has 0 saturated heterocycles. The number of nitrogens with zero attached hydrogens (tertiary/aromatic N) is 2. The Hall–Kier alpha value is -1.72. The quantitative estimate of drug-likeness (QED) is 0.875. The van der Waals surface area contributed by atoms with E-state index in [2.05, 4.69) is 15.3 Å². The molecule has 0 radical (unpaired) electrons. The number of nitrogens with one attached hydrogen (secondary N) is 1. The summed E-state index contributed by atoms with van der Waals surface area (Å²) in [7, 11) is 0. The summed E-state index contributed by atoms with van der Waals surface area (Å²) < 4.78 is 13.7. The smallest absolute Gasteiger partial charge is 0.306 e. The van der Waals surface area contributed by atoms with Gasteiger partial charge in [-0.25, -0.2) is 14.4 Å². The van der Waals surface area contributed by atoms with Gasteiger partial charge in [-0.2, -0.15) is 0 Å². The number of carboxylic acid groups (broad SMARTS) is 1. The molecule has 1 aromatic rings. The molecule has 0 aromatic carbocycles. The van der Waals surface area contributed by atoms with Crippen LogP contribution in [0.5, 0.6) is 0 Å². The zero-order valence-electron chi connectivity index (χ0n) is 10.9. The highest BCUT2D eigenvalue weighted by atomic mass is 19.1. The van der Waals surface area contributed by atoms with Gasteiger partial charge in [-0.15, -0.1) is 0 Å². The molecule has 1 aliphatic carbocycles. The second kappa shape index (κ2) is 5.95. The van der Waals surface area contributed by atoms with Crippen LogP contribution in [0.4, 0.5) is 10.2 Å². The third-order valence-corrected chi connectivity index (χ3v) is 3.72. The van der Waals surface area contributed by atoms with Gasteiger partial charge < -0.3 is 10.4 Å². The van der Waals surface area contributed by atoms with E-state index in [-0.39, 0.29) is 11.7 Å². The molecule has 1 fully saturated rings. The molecular formula is C13H18FN3O2. The topological polar surface area (TPSA) is 75.1 Å². The van der Waals surface area contributed by atoms with Crippen LogP contribution in [0.1, 0.15) is 31.4 Å². The summed E-state index contributed by atoms with van der Waals surface area (Å²) in [6, 6.07) is 0. The molecule has 1 aromatic heterocycles. The predicted octanol–water partition coefficient (Wildman–Crippen LogP) is 2.23. The highest BCUT2D eigenvalue weighted by Gasteiger charge is 2.25. The van der Waals surface area contributed by atoms with Crippen molar-refractivity contribution in [3.63, 3.8) is 0 Å². The van der Waals surface area contributed by atoms with Crippen molar-refractivity contribution in [3.8, 4) is 0 Å². The largest absolute Gasteiger partial charge is 0.481 e. The van der Waals surface area contributed by atoms with Crippen molar-refractivity contribution in [2.24, 2.45) is 11.8 Å². The van der Waals surface area contributed by atoms with Gasteiger partial charge in [0.2, 0.25) is 0 Å². The normalized spacial score (nSPS) is 23.1. The fourth-order valence-corrected chi connectivity index (χ4v) is 2.44. The van der Waals surface area contributed by atoms with Crippen LogP contribution >= 0.6 is 0 Å². The molecule has 0 atom stereocenters. The fourth-order valence-electron chi connectivity index (χ4n) is 2.44. The van der Waals surface area contributed by atoms with Gasteiger partial charge in [-0.3, -0.25) is 4.79 Å². The molecule has 0 unspecified atom stereocenters. The Morgan fingerprint density at radius 2 is 2.11 bits per heavy atom. The van der Waals surface area contributed by atoms with Crippen molar-refractivity contribution in [1.29, 1.82) is 0 Å². The fraction of sp³-hybridized carbons (Fsp3) is 0.615. The average Bonchev–Trinajstić information content (AvgIpc) is 2.41. The third-order valence-electron chi connectivity index (χ3n) is 3.72. The zero-order chi connectivity index (χ0) is 13.8. The van der Waals surface area contributed by atoms with Gasteiger partial charge in [0.1, 0.15) is 6.33 Å². The second-order valence-corrected chi connectivity index (χ2v) is 5.06. The van der Waals surface area contributed by atoms with E-state index >= 15 is 0 Å². The third kappa shape index (κ3) is 3.39. The summed E-state index contributed by atoms with van der Waals surface area (Å²) in [4.78, 5) is 18.5. The monoisotopic (exact) mass is 267 g/mol. The first-order valence-corrected chi connectivity index (χ1v) is 6.51. The molecule has 0 bridgehead atoms. The van der Waals surface area contributed by atoms with E-state index in [0.29, 0.717) is 31.0 Å². The number of hydrogen-bond donors (Lipinski definition) is 2. The molecule has 2 N–H and O–H groups in total. The Morgan fingerprint density at radius 1 is 1.42 bits per heavy atom. The molecule has 1 heterocycles. The standard InChI is InChI=1S/C13H18FN3O2/c1-8-11(14)12(17-7-16-8)15-6-9-2-4-10(5-3-9)13(18)19/h7,9-10H,2-6H2,1H3,(H,18,19)(H,15,16,17). The van der Waals surface area contributed by atoms with Crippen LogP contribution in [-0.4, -0.2) is 27.6 Å².